The number of aromatic hydroxyl groups is 1. The number of fused-ring (bicyclic) bond motifs is 1. The lowest BCUT2D eigenvalue weighted by atomic mass is 9.99. The highest BCUT2D eigenvalue weighted by Gasteiger charge is 2.26. The van der Waals surface area contributed by atoms with Crippen molar-refractivity contribution in [3.63, 3.8) is 0 Å². The van der Waals surface area contributed by atoms with E-state index in [0.29, 0.717) is 23.9 Å². The van der Waals surface area contributed by atoms with E-state index in [1.165, 1.54) is 37.8 Å². The number of hydrogen-bond acceptors (Lipinski definition) is 6. The molecule has 0 atom stereocenters. The van der Waals surface area contributed by atoms with Crippen LogP contribution in [0.2, 0.25) is 0 Å². The van der Waals surface area contributed by atoms with Gasteiger partial charge in [0.25, 0.3) is 5.91 Å². The smallest absolute Gasteiger partial charge is 0.289 e. The zero-order valence-corrected chi connectivity index (χ0v) is 21.2. The van der Waals surface area contributed by atoms with Crippen LogP contribution in [-0.2, 0) is 0 Å². The van der Waals surface area contributed by atoms with Crippen LogP contribution in [0.1, 0.15) is 74.1 Å². The minimum atomic E-state index is -0.308. The van der Waals surface area contributed by atoms with Gasteiger partial charge in [-0.2, -0.15) is 5.10 Å². The van der Waals surface area contributed by atoms with Crippen molar-refractivity contribution in [1.29, 1.82) is 0 Å². The summed E-state index contributed by atoms with van der Waals surface area (Å²) in [6.07, 6.45) is 8.39. The molecule has 2 aromatic heterocycles. The van der Waals surface area contributed by atoms with Crippen LogP contribution in [0.3, 0.4) is 0 Å². The molecule has 9 heteroatoms. The zero-order valence-electron chi connectivity index (χ0n) is 21.2. The Balaban J connectivity index is 1.45. The lowest BCUT2D eigenvalue weighted by molar-refractivity contribution is 0.0943. The number of phenols is 1. The van der Waals surface area contributed by atoms with Gasteiger partial charge in [0.1, 0.15) is 5.75 Å². The molecule has 3 N–H and O–H groups in total. The number of aromatic nitrogens is 5. The van der Waals surface area contributed by atoms with Gasteiger partial charge in [-0.1, -0.05) is 12.8 Å². The molecule has 0 spiro atoms. The molecule has 2 fully saturated rings. The summed E-state index contributed by atoms with van der Waals surface area (Å²) in [5.41, 5.74) is 4.29. The van der Waals surface area contributed by atoms with Gasteiger partial charge in [-0.05, 0) is 69.4 Å². The molecule has 9 nitrogen and oxygen atoms in total. The molecule has 3 heterocycles. The number of anilines is 1. The molecular weight excluding hydrogens is 466 g/mol. The van der Waals surface area contributed by atoms with Gasteiger partial charge in [0.05, 0.1) is 11.1 Å². The number of nitrogens with zero attached hydrogens (tertiary/aromatic N) is 5. The molecule has 4 aromatic rings. The Hall–Kier alpha value is -3.88. The van der Waals surface area contributed by atoms with Crippen LogP contribution in [0, 0.1) is 0 Å². The Labute approximate surface area is 215 Å². The van der Waals surface area contributed by atoms with Crippen molar-refractivity contribution in [3.05, 3.63) is 47.9 Å². The van der Waals surface area contributed by atoms with Crippen LogP contribution in [-0.4, -0.2) is 55.6 Å². The standard InChI is InChI=1S/C28H33N7O2/c1-2-29-28(37)27-33-32-26(35(27)20-12-10-19(11-13-20)34-14-6-3-7-15-34)22-16-21-23(17-24(22)36)30-31-25(21)18-8-4-5-9-18/h10-13,16-18,36H,2-9,14-15H2,1H3,(H,29,37)(H,30,31). The van der Waals surface area contributed by atoms with E-state index in [-0.39, 0.29) is 17.5 Å². The first-order valence-electron chi connectivity index (χ1n) is 13.4. The highest BCUT2D eigenvalue weighted by Crippen LogP contribution is 2.40. The molecule has 1 amide bonds. The first-order valence-corrected chi connectivity index (χ1v) is 13.4. The van der Waals surface area contributed by atoms with E-state index in [1.807, 2.05) is 25.1 Å². The highest BCUT2D eigenvalue weighted by molar-refractivity contribution is 5.93. The molecule has 192 valence electrons. The van der Waals surface area contributed by atoms with E-state index < -0.39 is 0 Å². The number of nitrogens with one attached hydrogen (secondary N) is 2. The number of rotatable bonds is 6. The largest absolute Gasteiger partial charge is 0.507 e. The van der Waals surface area contributed by atoms with E-state index in [0.717, 1.165) is 48.2 Å². The lowest BCUT2D eigenvalue weighted by Crippen LogP contribution is -2.29. The Kier molecular flexibility index (Phi) is 6.28. The number of benzene rings is 2. The van der Waals surface area contributed by atoms with Gasteiger partial charge in [0.2, 0.25) is 5.82 Å². The van der Waals surface area contributed by atoms with Crippen molar-refractivity contribution in [2.45, 2.75) is 57.8 Å². The molecule has 0 radical (unpaired) electrons. The van der Waals surface area contributed by atoms with E-state index in [2.05, 4.69) is 42.7 Å². The number of hydrogen-bond donors (Lipinski definition) is 3. The molecule has 2 aromatic carbocycles. The third-order valence-electron chi connectivity index (χ3n) is 7.74. The van der Waals surface area contributed by atoms with Gasteiger partial charge in [0.15, 0.2) is 5.82 Å². The summed E-state index contributed by atoms with van der Waals surface area (Å²) in [5.74, 6) is 0.790. The minimum absolute atomic E-state index is 0.0537. The van der Waals surface area contributed by atoms with Crippen LogP contribution in [0.15, 0.2) is 36.4 Å². The fourth-order valence-corrected chi connectivity index (χ4v) is 5.83. The van der Waals surface area contributed by atoms with Gasteiger partial charge < -0.3 is 15.3 Å². The van der Waals surface area contributed by atoms with Crippen molar-refractivity contribution in [2.24, 2.45) is 0 Å². The Bertz CT molecular complexity index is 1410. The summed E-state index contributed by atoms with van der Waals surface area (Å²) in [6, 6.07) is 11.8. The third-order valence-corrected chi connectivity index (χ3v) is 7.74. The van der Waals surface area contributed by atoms with Crippen molar-refractivity contribution >= 4 is 22.5 Å². The summed E-state index contributed by atoms with van der Waals surface area (Å²) >= 11 is 0. The number of piperidine rings is 1. The summed E-state index contributed by atoms with van der Waals surface area (Å²) in [4.78, 5) is 15.4. The average molecular weight is 500 g/mol. The second-order valence-electron chi connectivity index (χ2n) is 10.1. The number of phenolic OH excluding ortho intramolecular Hbond substituents is 1. The van der Waals surface area contributed by atoms with E-state index in [4.69, 9.17) is 0 Å². The quantitative estimate of drug-likeness (QED) is 0.347. The topological polar surface area (TPSA) is 112 Å². The molecule has 0 unspecified atom stereocenters. The Morgan fingerprint density at radius 2 is 1.76 bits per heavy atom. The highest BCUT2D eigenvalue weighted by atomic mass is 16.3. The van der Waals surface area contributed by atoms with E-state index in [1.54, 1.807) is 10.6 Å². The van der Waals surface area contributed by atoms with Gasteiger partial charge in [0, 0.05) is 54.1 Å². The molecule has 1 aliphatic heterocycles. The summed E-state index contributed by atoms with van der Waals surface area (Å²) < 4.78 is 1.74. The maximum Gasteiger partial charge on any atom is 0.289 e. The molecule has 0 bridgehead atoms. The van der Waals surface area contributed by atoms with Gasteiger partial charge in [-0.25, -0.2) is 0 Å². The number of aromatic amines is 1. The SMILES string of the molecule is CCNC(=O)c1nnc(-c2cc3c(C4CCCC4)[nH]nc3cc2O)n1-c1ccc(N2CCCCC2)cc1. The second kappa shape index (κ2) is 9.88. The monoisotopic (exact) mass is 499 g/mol. The van der Waals surface area contributed by atoms with Crippen LogP contribution in [0.25, 0.3) is 28.0 Å². The van der Waals surface area contributed by atoms with E-state index >= 15 is 0 Å². The normalized spacial score (nSPS) is 16.5. The average Bonchev–Trinajstić information content (AvgIpc) is 3.68. The van der Waals surface area contributed by atoms with E-state index in [9.17, 15) is 9.90 Å². The van der Waals surface area contributed by atoms with Crippen molar-refractivity contribution in [2.75, 3.05) is 24.5 Å². The van der Waals surface area contributed by atoms with Crippen molar-refractivity contribution in [1.82, 2.24) is 30.3 Å². The Morgan fingerprint density at radius 3 is 2.49 bits per heavy atom. The predicted molar refractivity (Wildman–Crippen MR) is 143 cm³/mol. The fourth-order valence-electron chi connectivity index (χ4n) is 5.83. The molecular formula is C28H33N7O2. The molecule has 6 rings (SSSR count). The van der Waals surface area contributed by atoms with Gasteiger partial charge in [-0.3, -0.25) is 14.5 Å². The Morgan fingerprint density at radius 1 is 1.03 bits per heavy atom. The second-order valence-corrected chi connectivity index (χ2v) is 10.1. The zero-order chi connectivity index (χ0) is 25.4. The molecule has 2 aliphatic rings. The molecule has 1 aliphatic carbocycles. The molecule has 1 saturated carbocycles. The summed E-state index contributed by atoms with van der Waals surface area (Å²) in [6.45, 7) is 4.47. The number of carbonyl (C=O) groups is 1. The van der Waals surface area contributed by atoms with Crippen LogP contribution >= 0.6 is 0 Å². The van der Waals surface area contributed by atoms with Crippen LogP contribution in [0.4, 0.5) is 5.69 Å². The predicted octanol–water partition coefficient (Wildman–Crippen LogP) is 4.91. The first kappa shape index (κ1) is 23.5. The minimum Gasteiger partial charge on any atom is -0.507 e. The maximum atomic E-state index is 13.0. The number of amides is 1. The van der Waals surface area contributed by atoms with Crippen LogP contribution in [0.5, 0.6) is 5.75 Å². The third kappa shape index (κ3) is 4.32. The van der Waals surface area contributed by atoms with Gasteiger partial charge in [-0.15, -0.1) is 10.2 Å². The number of carbonyl (C=O) groups excluding carboxylic acids is 1. The molecule has 1 saturated heterocycles. The molecule has 37 heavy (non-hydrogen) atoms. The maximum absolute atomic E-state index is 13.0. The first-order chi connectivity index (χ1) is 18.1. The van der Waals surface area contributed by atoms with Crippen molar-refractivity contribution in [3.8, 4) is 22.8 Å². The summed E-state index contributed by atoms with van der Waals surface area (Å²) in [7, 11) is 0. The summed E-state index contributed by atoms with van der Waals surface area (Å²) in [5, 5.41) is 31.2. The van der Waals surface area contributed by atoms with Crippen molar-refractivity contribution < 1.29 is 9.90 Å². The van der Waals surface area contributed by atoms with Crippen LogP contribution < -0.4 is 10.2 Å². The van der Waals surface area contributed by atoms with Gasteiger partial charge >= 0.3 is 0 Å². The lowest BCUT2D eigenvalue weighted by Gasteiger charge is -2.29. The number of H-pyrrole nitrogens is 1. The fraction of sp³-hybridized carbons (Fsp3) is 0.429.